The second kappa shape index (κ2) is 4.21. The number of nitrogens with one attached hydrogen (secondary N) is 1. The molecule has 4 heteroatoms. The third kappa shape index (κ3) is 2.21. The highest BCUT2D eigenvalue weighted by Crippen LogP contribution is 2.17. The molecule has 2 N–H and O–H groups in total. The maximum Gasteiger partial charge on any atom is 0.411 e. The van der Waals surface area contributed by atoms with Crippen LogP contribution in [0.25, 0.3) is 0 Å². The zero-order valence-electron chi connectivity index (χ0n) is 8.39. The minimum absolute atomic E-state index is 0.335. The summed E-state index contributed by atoms with van der Waals surface area (Å²) in [6.45, 7) is 0.447. The number of rotatable bonds is 1. The summed E-state index contributed by atoms with van der Waals surface area (Å²) in [6.07, 6.45) is 10.8. The van der Waals surface area contributed by atoms with E-state index in [0.29, 0.717) is 12.6 Å². The van der Waals surface area contributed by atoms with Gasteiger partial charge >= 0.3 is 6.09 Å². The normalized spacial score (nSPS) is 24.7. The van der Waals surface area contributed by atoms with Crippen molar-refractivity contribution in [3.05, 3.63) is 36.2 Å². The second-order valence-corrected chi connectivity index (χ2v) is 3.65. The van der Waals surface area contributed by atoms with Gasteiger partial charge in [0.05, 0.1) is 6.04 Å². The van der Waals surface area contributed by atoms with Gasteiger partial charge in [-0.15, -0.1) is 0 Å². The predicted molar refractivity (Wildman–Crippen MR) is 57.3 cm³/mol. The number of nitrogens with zero attached hydrogens (tertiary/aromatic N) is 1. The topological polar surface area (TPSA) is 52.6 Å². The average molecular weight is 206 g/mol. The summed E-state index contributed by atoms with van der Waals surface area (Å²) in [4.78, 5) is 11.9. The first-order valence-corrected chi connectivity index (χ1v) is 5.06. The standard InChI is InChI=1S/C11H14N2O2/c14-11(15)13-7-4-9(5-8-13)10-3-1-2-6-12-10/h2,4-7,10,12H,1,3,8H2,(H,14,15). The molecule has 4 nitrogen and oxygen atoms in total. The van der Waals surface area contributed by atoms with Crippen LogP contribution in [0.3, 0.4) is 0 Å². The maximum atomic E-state index is 10.7. The molecule has 0 saturated carbocycles. The molecule has 2 aliphatic rings. The minimum atomic E-state index is -0.905. The lowest BCUT2D eigenvalue weighted by atomic mass is 9.98. The first-order valence-electron chi connectivity index (χ1n) is 5.06. The SMILES string of the molecule is O=C(O)N1C=CC(C2CCC=CN2)=CC1. The number of allylic oxidation sites excluding steroid dienone is 1. The molecule has 0 aromatic rings. The van der Waals surface area contributed by atoms with Gasteiger partial charge in [-0.25, -0.2) is 4.79 Å². The molecule has 2 aliphatic heterocycles. The van der Waals surface area contributed by atoms with Gasteiger partial charge in [0, 0.05) is 12.7 Å². The minimum Gasteiger partial charge on any atom is -0.465 e. The lowest BCUT2D eigenvalue weighted by Gasteiger charge is -2.25. The van der Waals surface area contributed by atoms with Crippen LogP contribution in [0.15, 0.2) is 36.2 Å². The third-order valence-electron chi connectivity index (χ3n) is 2.66. The van der Waals surface area contributed by atoms with Crippen molar-refractivity contribution in [1.29, 1.82) is 0 Å². The smallest absolute Gasteiger partial charge is 0.411 e. The fourth-order valence-electron chi connectivity index (χ4n) is 1.79. The molecule has 0 fully saturated rings. The van der Waals surface area contributed by atoms with E-state index >= 15 is 0 Å². The summed E-state index contributed by atoms with van der Waals surface area (Å²) in [7, 11) is 0. The van der Waals surface area contributed by atoms with Crippen LogP contribution < -0.4 is 5.32 Å². The van der Waals surface area contributed by atoms with Crippen LogP contribution in [0.5, 0.6) is 0 Å². The Kier molecular flexibility index (Phi) is 2.76. The van der Waals surface area contributed by atoms with Gasteiger partial charge in [-0.3, -0.25) is 4.90 Å². The van der Waals surface area contributed by atoms with Crippen LogP contribution in [0.1, 0.15) is 12.8 Å². The Morgan fingerprint density at radius 2 is 2.47 bits per heavy atom. The van der Waals surface area contributed by atoms with Crippen molar-refractivity contribution in [2.24, 2.45) is 0 Å². The largest absolute Gasteiger partial charge is 0.465 e. The molecule has 2 rings (SSSR count). The molecule has 0 aliphatic carbocycles. The summed E-state index contributed by atoms with van der Waals surface area (Å²) in [5, 5.41) is 12.0. The molecule has 0 radical (unpaired) electrons. The van der Waals surface area contributed by atoms with E-state index in [1.165, 1.54) is 10.5 Å². The van der Waals surface area contributed by atoms with Gasteiger partial charge in [0.25, 0.3) is 0 Å². The van der Waals surface area contributed by atoms with Gasteiger partial charge in [-0.05, 0) is 30.7 Å². The van der Waals surface area contributed by atoms with E-state index in [9.17, 15) is 4.79 Å². The Bertz CT molecular complexity index is 344. The van der Waals surface area contributed by atoms with Crippen molar-refractivity contribution in [2.75, 3.05) is 6.54 Å². The van der Waals surface area contributed by atoms with E-state index in [4.69, 9.17) is 5.11 Å². The first kappa shape index (κ1) is 9.83. The Morgan fingerprint density at radius 1 is 1.60 bits per heavy atom. The van der Waals surface area contributed by atoms with E-state index in [2.05, 4.69) is 11.4 Å². The third-order valence-corrected chi connectivity index (χ3v) is 2.66. The summed E-state index contributed by atoms with van der Waals surface area (Å²) < 4.78 is 0. The molecule has 1 unspecified atom stereocenters. The van der Waals surface area contributed by atoms with Crippen LogP contribution >= 0.6 is 0 Å². The lowest BCUT2D eigenvalue weighted by molar-refractivity contribution is 0.166. The van der Waals surface area contributed by atoms with Crippen LogP contribution in [0.2, 0.25) is 0 Å². The number of amides is 1. The summed E-state index contributed by atoms with van der Waals surface area (Å²) in [5.74, 6) is 0. The Labute approximate surface area is 88.6 Å². The maximum absolute atomic E-state index is 10.7. The van der Waals surface area contributed by atoms with Gasteiger partial charge in [-0.2, -0.15) is 0 Å². The van der Waals surface area contributed by atoms with E-state index in [1.807, 2.05) is 18.4 Å². The molecule has 0 aromatic heterocycles. The molecule has 15 heavy (non-hydrogen) atoms. The molecule has 0 bridgehead atoms. The molecule has 1 amide bonds. The molecule has 80 valence electrons. The number of hydrogen-bond acceptors (Lipinski definition) is 2. The molecular weight excluding hydrogens is 192 g/mol. The van der Waals surface area contributed by atoms with Crippen molar-refractivity contribution in [3.8, 4) is 0 Å². The van der Waals surface area contributed by atoms with Crippen molar-refractivity contribution in [3.63, 3.8) is 0 Å². The number of hydrogen-bond donors (Lipinski definition) is 2. The highest BCUT2D eigenvalue weighted by molar-refractivity contribution is 5.67. The van der Waals surface area contributed by atoms with E-state index in [0.717, 1.165) is 12.8 Å². The van der Waals surface area contributed by atoms with Gasteiger partial charge in [0.2, 0.25) is 0 Å². The molecule has 0 aromatic carbocycles. The van der Waals surface area contributed by atoms with Crippen LogP contribution in [0.4, 0.5) is 4.79 Å². The van der Waals surface area contributed by atoms with Crippen molar-refractivity contribution >= 4 is 6.09 Å². The fourth-order valence-corrected chi connectivity index (χ4v) is 1.79. The van der Waals surface area contributed by atoms with Gasteiger partial charge in [0.15, 0.2) is 0 Å². The Morgan fingerprint density at radius 3 is 3.00 bits per heavy atom. The molecular formula is C11H14N2O2. The summed E-state index contributed by atoms with van der Waals surface area (Å²) >= 11 is 0. The van der Waals surface area contributed by atoms with Crippen molar-refractivity contribution < 1.29 is 9.90 Å². The van der Waals surface area contributed by atoms with Gasteiger partial charge in [0.1, 0.15) is 0 Å². The molecule has 2 heterocycles. The molecule has 0 spiro atoms. The van der Waals surface area contributed by atoms with Crippen LogP contribution in [-0.4, -0.2) is 28.7 Å². The van der Waals surface area contributed by atoms with Gasteiger partial charge in [-0.1, -0.05) is 12.2 Å². The highest BCUT2D eigenvalue weighted by atomic mass is 16.4. The Hall–Kier alpha value is -1.71. The van der Waals surface area contributed by atoms with E-state index in [-0.39, 0.29) is 0 Å². The highest BCUT2D eigenvalue weighted by Gasteiger charge is 2.17. The second-order valence-electron chi connectivity index (χ2n) is 3.65. The predicted octanol–water partition coefficient (Wildman–Crippen LogP) is 1.69. The Balaban J connectivity index is 1.99. The zero-order valence-corrected chi connectivity index (χ0v) is 8.39. The van der Waals surface area contributed by atoms with E-state index in [1.54, 1.807) is 6.20 Å². The van der Waals surface area contributed by atoms with Crippen molar-refractivity contribution in [1.82, 2.24) is 10.2 Å². The first-order chi connectivity index (χ1) is 7.27. The van der Waals surface area contributed by atoms with E-state index < -0.39 is 6.09 Å². The molecule has 1 atom stereocenters. The van der Waals surface area contributed by atoms with Gasteiger partial charge < -0.3 is 10.4 Å². The average Bonchev–Trinajstić information content (AvgIpc) is 2.30. The zero-order chi connectivity index (χ0) is 10.7. The quantitative estimate of drug-likeness (QED) is 0.686. The van der Waals surface area contributed by atoms with Crippen molar-refractivity contribution in [2.45, 2.75) is 18.9 Å². The summed E-state index contributed by atoms with van der Waals surface area (Å²) in [6, 6.07) is 0.335. The van der Waals surface area contributed by atoms with Crippen LogP contribution in [-0.2, 0) is 0 Å². The monoisotopic (exact) mass is 206 g/mol. The number of carboxylic acid groups (broad SMARTS) is 1. The molecule has 0 saturated heterocycles. The number of carbonyl (C=O) groups is 1. The van der Waals surface area contributed by atoms with Crippen LogP contribution in [0, 0.1) is 0 Å². The fraction of sp³-hybridized carbons (Fsp3) is 0.364. The lowest BCUT2D eigenvalue weighted by Crippen LogP contribution is -2.32. The summed E-state index contributed by atoms with van der Waals surface area (Å²) in [5.41, 5.74) is 1.18.